The first kappa shape index (κ1) is 16.4. The number of pyridine rings is 2. The van der Waals surface area contributed by atoms with Crippen LogP contribution in [0.15, 0.2) is 55.4 Å². The predicted octanol–water partition coefficient (Wildman–Crippen LogP) is 1.95. The molecule has 1 unspecified atom stereocenters. The minimum Gasteiger partial charge on any atom is -0.336 e. The fourth-order valence-electron chi connectivity index (χ4n) is 3.42. The number of aryl methyl sites for hydroxylation is 1. The Kier molecular flexibility index (Phi) is 4.45. The number of fused-ring (bicyclic) bond motifs is 1. The molecule has 3 aromatic heterocycles. The molecule has 7 nitrogen and oxygen atoms in total. The number of hydrogen-bond acceptors (Lipinski definition) is 5. The summed E-state index contributed by atoms with van der Waals surface area (Å²) in [6, 6.07) is 7.18. The summed E-state index contributed by atoms with van der Waals surface area (Å²) in [6.07, 6.45) is 9.54. The van der Waals surface area contributed by atoms with Gasteiger partial charge < -0.3 is 9.88 Å². The number of nitrogens with zero attached hydrogens (tertiary/aromatic N) is 5. The van der Waals surface area contributed by atoms with Crippen LogP contribution in [0.2, 0.25) is 0 Å². The zero-order valence-corrected chi connectivity index (χ0v) is 14.5. The van der Waals surface area contributed by atoms with Crippen molar-refractivity contribution in [1.29, 1.82) is 0 Å². The van der Waals surface area contributed by atoms with Gasteiger partial charge in [0.25, 0.3) is 0 Å². The summed E-state index contributed by atoms with van der Waals surface area (Å²) < 4.78 is 1.94. The Balaban J connectivity index is 1.65. The van der Waals surface area contributed by atoms with E-state index >= 15 is 0 Å². The van der Waals surface area contributed by atoms with Crippen molar-refractivity contribution in [2.75, 3.05) is 11.9 Å². The second-order valence-corrected chi connectivity index (χ2v) is 6.40. The van der Waals surface area contributed by atoms with Crippen molar-refractivity contribution in [3.8, 4) is 0 Å². The molecule has 1 aliphatic rings. The van der Waals surface area contributed by atoms with Crippen LogP contribution in [0, 0.1) is 0 Å². The van der Waals surface area contributed by atoms with Gasteiger partial charge in [0, 0.05) is 45.1 Å². The van der Waals surface area contributed by atoms with Crippen LogP contribution in [0.3, 0.4) is 0 Å². The maximum Gasteiger partial charge on any atom is 0.248 e. The molecule has 0 spiro atoms. The maximum atomic E-state index is 13.1. The highest BCUT2D eigenvalue weighted by Crippen LogP contribution is 2.31. The van der Waals surface area contributed by atoms with Gasteiger partial charge in [-0.15, -0.1) is 0 Å². The standard InChI is InChI=1S/C19H20N6O/c1-24-13-22-16-6-9-25(12-14-4-2-7-20-10-14)18(17(16)24)19(26)23-15-5-3-8-21-11-15/h2-5,7-8,10-11,13,18H,6,9,12H2,1H3,(H,23,26). The molecule has 0 saturated heterocycles. The van der Waals surface area contributed by atoms with Gasteiger partial charge in [0.1, 0.15) is 6.04 Å². The van der Waals surface area contributed by atoms with Gasteiger partial charge in [0.2, 0.25) is 5.91 Å². The summed E-state index contributed by atoms with van der Waals surface area (Å²) in [5.41, 5.74) is 3.70. The molecule has 0 fully saturated rings. The fraction of sp³-hybridized carbons (Fsp3) is 0.263. The fourth-order valence-corrected chi connectivity index (χ4v) is 3.42. The van der Waals surface area contributed by atoms with Gasteiger partial charge >= 0.3 is 0 Å². The summed E-state index contributed by atoms with van der Waals surface area (Å²) in [5, 5.41) is 2.99. The van der Waals surface area contributed by atoms with Crippen LogP contribution in [-0.4, -0.2) is 36.9 Å². The van der Waals surface area contributed by atoms with E-state index < -0.39 is 6.04 Å². The minimum atomic E-state index is -0.410. The van der Waals surface area contributed by atoms with Crippen LogP contribution >= 0.6 is 0 Å². The van der Waals surface area contributed by atoms with Crippen LogP contribution < -0.4 is 5.32 Å². The van der Waals surface area contributed by atoms with E-state index in [2.05, 4.69) is 25.2 Å². The molecular formula is C19H20N6O. The number of carbonyl (C=O) groups is 1. The Hall–Kier alpha value is -3.06. The smallest absolute Gasteiger partial charge is 0.248 e. The molecule has 1 atom stereocenters. The van der Waals surface area contributed by atoms with Crippen molar-refractivity contribution < 1.29 is 4.79 Å². The van der Waals surface area contributed by atoms with Gasteiger partial charge in [-0.05, 0) is 23.8 Å². The molecule has 132 valence electrons. The highest BCUT2D eigenvalue weighted by atomic mass is 16.2. The second kappa shape index (κ2) is 7.05. The molecule has 1 amide bonds. The van der Waals surface area contributed by atoms with Crippen molar-refractivity contribution in [1.82, 2.24) is 24.4 Å². The number of hydrogen-bond donors (Lipinski definition) is 1. The van der Waals surface area contributed by atoms with Gasteiger partial charge in [-0.2, -0.15) is 0 Å². The summed E-state index contributed by atoms with van der Waals surface area (Å²) in [5.74, 6) is -0.0774. The molecule has 4 rings (SSSR count). The van der Waals surface area contributed by atoms with E-state index in [-0.39, 0.29) is 5.91 Å². The van der Waals surface area contributed by atoms with Crippen LogP contribution in [-0.2, 0) is 24.8 Å². The van der Waals surface area contributed by atoms with E-state index in [4.69, 9.17) is 0 Å². The molecule has 0 bridgehead atoms. The molecule has 4 heterocycles. The third kappa shape index (κ3) is 3.21. The van der Waals surface area contributed by atoms with Crippen LogP contribution in [0.1, 0.15) is 23.0 Å². The zero-order chi connectivity index (χ0) is 17.9. The summed E-state index contributed by atoms with van der Waals surface area (Å²) >= 11 is 0. The highest BCUT2D eigenvalue weighted by Gasteiger charge is 2.36. The maximum absolute atomic E-state index is 13.1. The van der Waals surface area contributed by atoms with Gasteiger partial charge in [0.15, 0.2) is 0 Å². The molecule has 7 heteroatoms. The number of nitrogens with one attached hydrogen (secondary N) is 1. The Morgan fingerprint density at radius 2 is 2.04 bits per heavy atom. The third-order valence-electron chi connectivity index (χ3n) is 4.61. The Morgan fingerprint density at radius 3 is 2.77 bits per heavy atom. The van der Waals surface area contributed by atoms with Gasteiger partial charge in [-0.25, -0.2) is 4.98 Å². The van der Waals surface area contributed by atoms with Crippen molar-refractivity contribution in [3.05, 3.63) is 72.3 Å². The first-order valence-corrected chi connectivity index (χ1v) is 8.56. The molecule has 26 heavy (non-hydrogen) atoms. The average molecular weight is 348 g/mol. The second-order valence-electron chi connectivity index (χ2n) is 6.40. The van der Waals surface area contributed by atoms with Crippen molar-refractivity contribution in [2.24, 2.45) is 7.05 Å². The lowest BCUT2D eigenvalue weighted by atomic mass is 10.0. The molecule has 1 N–H and O–H groups in total. The first-order chi connectivity index (χ1) is 12.7. The quantitative estimate of drug-likeness (QED) is 0.780. The van der Waals surface area contributed by atoms with E-state index in [1.807, 2.05) is 36.0 Å². The van der Waals surface area contributed by atoms with Crippen molar-refractivity contribution >= 4 is 11.6 Å². The highest BCUT2D eigenvalue weighted by molar-refractivity contribution is 5.95. The predicted molar refractivity (Wildman–Crippen MR) is 97.2 cm³/mol. The molecule has 1 aliphatic heterocycles. The van der Waals surface area contributed by atoms with Crippen LogP contribution in [0.25, 0.3) is 0 Å². The number of amides is 1. The average Bonchev–Trinajstić information content (AvgIpc) is 3.04. The number of carbonyl (C=O) groups excluding carboxylic acids is 1. The number of anilines is 1. The normalized spacial score (nSPS) is 16.9. The van der Waals surface area contributed by atoms with Gasteiger partial charge in [0.05, 0.1) is 29.6 Å². The molecular weight excluding hydrogens is 328 g/mol. The largest absolute Gasteiger partial charge is 0.336 e. The molecule has 0 aromatic carbocycles. The van der Waals surface area contributed by atoms with E-state index in [0.29, 0.717) is 12.2 Å². The number of aromatic nitrogens is 4. The zero-order valence-electron chi connectivity index (χ0n) is 14.5. The molecule has 0 radical (unpaired) electrons. The van der Waals surface area contributed by atoms with Gasteiger partial charge in [-0.1, -0.05) is 6.07 Å². The Morgan fingerprint density at radius 1 is 1.23 bits per heavy atom. The van der Waals surface area contributed by atoms with E-state index in [9.17, 15) is 4.79 Å². The third-order valence-corrected chi connectivity index (χ3v) is 4.61. The van der Waals surface area contributed by atoms with E-state index in [1.165, 1.54) is 0 Å². The van der Waals surface area contributed by atoms with Crippen molar-refractivity contribution in [3.63, 3.8) is 0 Å². The summed E-state index contributed by atoms with van der Waals surface area (Å²) in [4.78, 5) is 28.0. The lowest BCUT2D eigenvalue weighted by Crippen LogP contribution is -2.42. The molecule has 3 aromatic rings. The van der Waals surface area contributed by atoms with Crippen LogP contribution in [0.5, 0.6) is 0 Å². The SMILES string of the molecule is Cn1cnc2c1C(C(=O)Nc1cccnc1)N(Cc1cccnc1)CC2. The Bertz CT molecular complexity index is 893. The molecule has 0 saturated carbocycles. The minimum absolute atomic E-state index is 0.0774. The number of imidazole rings is 1. The van der Waals surface area contributed by atoms with Gasteiger partial charge in [-0.3, -0.25) is 19.7 Å². The summed E-state index contributed by atoms with van der Waals surface area (Å²) in [7, 11) is 1.93. The van der Waals surface area contributed by atoms with E-state index in [1.54, 1.807) is 31.0 Å². The lowest BCUT2D eigenvalue weighted by molar-refractivity contribution is -0.122. The monoisotopic (exact) mass is 348 g/mol. The topological polar surface area (TPSA) is 75.9 Å². The summed E-state index contributed by atoms with van der Waals surface area (Å²) in [6.45, 7) is 1.42. The van der Waals surface area contributed by atoms with Crippen LogP contribution in [0.4, 0.5) is 5.69 Å². The molecule has 0 aliphatic carbocycles. The Labute approximate surface area is 151 Å². The first-order valence-electron chi connectivity index (χ1n) is 8.56. The lowest BCUT2D eigenvalue weighted by Gasteiger charge is -2.34. The van der Waals surface area contributed by atoms with E-state index in [0.717, 1.165) is 29.9 Å². The number of rotatable bonds is 4. The van der Waals surface area contributed by atoms with Crippen molar-refractivity contribution in [2.45, 2.75) is 19.0 Å².